The molecule has 0 fully saturated rings. The summed E-state index contributed by atoms with van der Waals surface area (Å²) in [5.41, 5.74) is 2.81. The van der Waals surface area contributed by atoms with Crippen LogP contribution in [0.3, 0.4) is 0 Å². The first-order valence-electron chi connectivity index (χ1n) is 5.94. The molecule has 1 aromatic heterocycles. The second-order valence-electron chi connectivity index (χ2n) is 4.45. The third-order valence-corrected chi connectivity index (χ3v) is 4.40. The summed E-state index contributed by atoms with van der Waals surface area (Å²) in [5, 5.41) is 0. The van der Waals surface area contributed by atoms with Gasteiger partial charge in [-0.15, -0.1) is 11.8 Å². The topological polar surface area (TPSA) is 30.0 Å². The van der Waals surface area contributed by atoms with Crippen molar-refractivity contribution in [3.63, 3.8) is 0 Å². The summed E-state index contributed by atoms with van der Waals surface area (Å²) in [5.74, 6) is 1.00. The van der Waals surface area contributed by atoms with E-state index >= 15 is 0 Å². The predicted octanol–water partition coefficient (Wildman–Crippen LogP) is 3.46. The van der Waals surface area contributed by atoms with Gasteiger partial charge in [0.25, 0.3) is 0 Å². The molecule has 1 atom stereocenters. The van der Waals surface area contributed by atoms with Crippen molar-refractivity contribution in [3.05, 3.63) is 59.4 Å². The van der Waals surface area contributed by atoms with Gasteiger partial charge < -0.3 is 0 Å². The molecule has 3 heteroatoms. The smallest absolute Gasteiger partial charge is 0.172 e. The number of aromatic nitrogens is 1. The zero-order valence-corrected chi connectivity index (χ0v) is 10.9. The Hall–Kier alpha value is -1.61. The SMILES string of the molecule is Cc1ccc(C(=O)C2CSc3ccccc32)cn1. The zero-order valence-electron chi connectivity index (χ0n) is 10.1. The third kappa shape index (κ3) is 1.95. The van der Waals surface area contributed by atoms with Crippen LogP contribution in [-0.4, -0.2) is 16.5 Å². The Labute approximate surface area is 110 Å². The number of hydrogen-bond donors (Lipinski definition) is 0. The van der Waals surface area contributed by atoms with Gasteiger partial charge in [0, 0.05) is 28.1 Å². The fourth-order valence-electron chi connectivity index (χ4n) is 2.19. The van der Waals surface area contributed by atoms with Crippen LogP contribution in [0, 0.1) is 6.92 Å². The molecule has 2 nitrogen and oxygen atoms in total. The number of carbonyl (C=O) groups is 1. The van der Waals surface area contributed by atoms with Crippen LogP contribution < -0.4 is 0 Å². The molecule has 1 aliphatic rings. The molecule has 1 aliphatic heterocycles. The molecular weight excluding hydrogens is 242 g/mol. The highest BCUT2D eigenvalue weighted by Gasteiger charge is 2.29. The maximum absolute atomic E-state index is 12.5. The van der Waals surface area contributed by atoms with Crippen molar-refractivity contribution in [3.8, 4) is 0 Å². The van der Waals surface area contributed by atoms with E-state index in [2.05, 4.69) is 17.1 Å². The van der Waals surface area contributed by atoms with Crippen LogP contribution in [0.15, 0.2) is 47.5 Å². The summed E-state index contributed by atoms with van der Waals surface area (Å²) in [7, 11) is 0. The molecule has 0 bridgehead atoms. The zero-order chi connectivity index (χ0) is 12.5. The molecule has 18 heavy (non-hydrogen) atoms. The second-order valence-corrected chi connectivity index (χ2v) is 5.52. The molecule has 0 saturated carbocycles. The minimum Gasteiger partial charge on any atom is -0.293 e. The number of fused-ring (bicyclic) bond motifs is 1. The molecule has 0 N–H and O–H groups in total. The molecule has 0 radical (unpaired) electrons. The number of rotatable bonds is 2. The van der Waals surface area contributed by atoms with Crippen LogP contribution in [-0.2, 0) is 0 Å². The van der Waals surface area contributed by atoms with Crippen molar-refractivity contribution in [2.24, 2.45) is 0 Å². The summed E-state index contributed by atoms with van der Waals surface area (Å²) in [6.07, 6.45) is 1.68. The van der Waals surface area contributed by atoms with Crippen LogP contribution in [0.1, 0.15) is 27.5 Å². The molecule has 0 amide bonds. The lowest BCUT2D eigenvalue weighted by Gasteiger charge is -2.09. The molecule has 90 valence electrons. The molecule has 0 saturated heterocycles. The lowest BCUT2D eigenvalue weighted by molar-refractivity contribution is 0.0968. The number of benzene rings is 1. The Balaban J connectivity index is 1.93. The monoisotopic (exact) mass is 255 g/mol. The summed E-state index contributed by atoms with van der Waals surface area (Å²) in [4.78, 5) is 17.9. The van der Waals surface area contributed by atoms with E-state index in [1.54, 1.807) is 18.0 Å². The number of Topliss-reactive ketones (excluding diaryl/α,β-unsaturated/α-hetero) is 1. The van der Waals surface area contributed by atoms with E-state index in [4.69, 9.17) is 0 Å². The number of carbonyl (C=O) groups excluding carboxylic acids is 1. The van der Waals surface area contributed by atoms with Crippen molar-refractivity contribution in [1.29, 1.82) is 0 Å². The highest BCUT2D eigenvalue weighted by atomic mass is 32.2. The van der Waals surface area contributed by atoms with Crippen molar-refractivity contribution >= 4 is 17.5 Å². The van der Waals surface area contributed by atoms with Gasteiger partial charge in [-0.1, -0.05) is 18.2 Å². The summed E-state index contributed by atoms with van der Waals surface area (Å²) in [6.45, 7) is 1.93. The molecule has 1 aromatic carbocycles. The first kappa shape index (κ1) is 11.5. The molecule has 0 spiro atoms. The largest absolute Gasteiger partial charge is 0.293 e. The summed E-state index contributed by atoms with van der Waals surface area (Å²) >= 11 is 1.76. The third-order valence-electron chi connectivity index (χ3n) is 3.21. The standard InChI is InChI=1S/C15H13NOS/c1-10-6-7-11(8-16-10)15(17)13-9-18-14-5-3-2-4-12(13)14/h2-8,13H,9H2,1H3. The van der Waals surface area contributed by atoms with E-state index in [1.165, 1.54) is 4.90 Å². The summed E-state index contributed by atoms with van der Waals surface area (Å²) in [6, 6.07) is 11.9. The Kier molecular flexibility index (Phi) is 2.92. The van der Waals surface area contributed by atoms with Crippen molar-refractivity contribution in [2.75, 3.05) is 5.75 Å². The molecule has 2 aromatic rings. The number of hydrogen-bond acceptors (Lipinski definition) is 3. The van der Waals surface area contributed by atoms with Crippen LogP contribution in [0.5, 0.6) is 0 Å². The van der Waals surface area contributed by atoms with Gasteiger partial charge in [0.2, 0.25) is 0 Å². The van der Waals surface area contributed by atoms with Crippen LogP contribution in [0.4, 0.5) is 0 Å². The number of nitrogens with zero attached hydrogens (tertiary/aromatic N) is 1. The van der Waals surface area contributed by atoms with Gasteiger partial charge >= 0.3 is 0 Å². The number of ketones is 1. The van der Waals surface area contributed by atoms with Gasteiger partial charge in [-0.2, -0.15) is 0 Å². The predicted molar refractivity (Wildman–Crippen MR) is 73.2 cm³/mol. The minimum absolute atomic E-state index is 0.0179. The minimum atomic E-state index is -0.0179. The first-order valence-corrected chi connectivity index (χ1v) is 6.93. The van der Waals surface area contributed by atoms with Gasteiger partial charge in [0.15, 0.2) is 5.78 Å². The highest BCUT2D eigenvalue weighted by Crippen LogP contribution is 2.40. The highest BCUT2D eigenvalue weighted by molar-refractivity contribution is 7.99. The van der Waals surface area contributed by atoms with E-state index < -0.39 is 0 Å². The maximum atomic E-state index is 12.5. The molecule has 1 unspecified atom stereocenters. The Morgan fingerprint density at radius 2 is 2.11 bits per heavy atom. The Bertz CT molecular complexity index is 592. The average Bonchev–Trinajstić information content (AvgIpc) is 2.82. The summed E-state index contributed by atoms with van der Waals surface area (Å²) < 4.78 is 0. The fourth-order valence-corrected chi connectivity index (χ4v) is 3.42. The van der Waals surface area contributed by atoms with Gasteiger partial charge in [-0.25, -0.2) is 0 Å². The molecule has 3 rings (SSSR count). The lowest BCUT2D eigenvalue weighted by Crippen LogP contribution is -2.12. The normalized spacial score (nSPS) is 17.5. The van der Waals surface area contributed by atoms with E-state index in [0.717, 1.165) is 17.0 Å². The number of aryl methyl sites for hydroxylation is 1. The fraction of sp³-hybridized carbons (Fsp3) is 0.200. The van der Waals surface area contributed by atoms with E-state index in [0.29, 0.717) is 5.56 Å². The molecular formula is C15H13NOS. The van der Waals surface area contributed by atoms with Gasteiger partial charge in [0.1, 0.15) is 0 Å². The lowest BCUT2D eigenvalue weighted by atomic mass is 9.93. The van der Waals surface area contributed by atoms with Crippen LogP contribution >= 0.6 is 11.8 Å². The molecule has 2 heterocycles. The average molecular weight is 255 g/mol. The van der Waals surface area contributed by atoms with Crippen LogP contribution in [0.25, 0.3) is 0 Å². The first-order chi connectivity index (χ1) is 8.75. The number of thioether (sulfide) groups is 1. The Morgan fingerprint density at radius 3 is 2.89 bits per heavy atom. The van der Waals surface area contributed by atoms with Crippen molar-refractivity contribution in [1.82, 2.24) is 4.98 Å². The van der Waals surface area contributed by atoms with Gasteiger partial charge in [0.05, 0.1) is 5.92 Å². The van der Waals surface area contributed by atoms with Gasteiger partial charge in [-0.05, 0) is 30.7 Å². The van der Waals surface area contributed by atoms with Crippen molar-refractivity contribution < 1.29 is 4.79 Å². The number of pyridine rings is 1. The maximum Gasteiger partial charge on any atom is 0.172 e. The van der Waals surface area contributed by atoms with E-state index in [-0.39, 0.29) is 11.7 Å². The van der Waals surface area contributed by atoms with E-state index in [9.17, 15) is 4.79 Å². The van der Waals surface area contributed by atoms with Gasteiger partial charge in [-0.3, -0.25) is 9.78 Å². The molecule has 0 aliphatic carbocycles. The van der Waals surface area contributed by atoms with Crippen LogP contribution in [0.2, 0.25) is 0 Å². The van der Waals surface area contributed by atoms with E-state index in [1.807, 2.05) is 31.2 Å². The van der Waals surface area contributed by atoms with Crippen molar-refractivity contribution in [2.45, 2.75) is 17.7 Å². The quantitative estimate of drug-likeness (QED) is 0.770. The Morgan fingerprint density at radius 1 is 1.28 bits per heavy atom. The second kappa shape index (κ2) is 4.58.